The Bertz CT molecular complexity index is 575. The van der Waals surface area contributed by atoms with Crippen LogP contribution in [-0.4, -0.2) is 28.1 Å². The number of nitrogens with two attached hydrogens (primary N) is 1. The summed E-state index contributed by atoms with van der Waals surface area (Å²) in [6.07, 6.45) is 0. The van der Waals surface area contributed by atoms with Gasteiger partial charge in [-0.1, -0.05) is 0 Å². The normalized spacial score (nSPS) is 10.3. The summed E-state index contributed by atoms with van der Waals surface area (Å²) in [7, 11) is 0. The van der Waals surface area contributed by atoms with Crippen molar-refractivity contribution in [2.45, 2.75) is 13.8 Å². The van der Waals surface area contributed by atoms with Crippen LogP contribution in [0.4, 0.5) is 22.0 Å². The number of anilines is 3. The summed E-state index contributed by atoms with van der Waals surface area (Å²) >= 11 is 0. The molecule has 0 saturated carbocycles. The van der Waals surface area contributed by atoms with Gasteiger partial charge in [-0.25, -0.2) is 4.39 Å². The Kier molecular flexibility index (Phi) is 4.29. The quantitative estimate of drug-likeness (QED) is 0.902. The lowest BCUT2D eigenvalue weighted by Gasteiger charge is -2.21. The van der Waals surface area contributed by atoms with Gasteiger partial charge < -0.3 is 15.4 Å². The number of nitrogens with zero attached hydrogens (tertiary/aromatic N) is 4. The molecule has 1 heterocycles. The van der Waals surface area contributed by atoms with E-state index in [1.54, 1.807) is 17.0 Å². The molecule has 6 nitrogen and oxygen atoms in total. The van der Waals surface area contributed by atoms with E-state index in [1.807, 2.05) is 13.8 Å². The van der Waals surface area contributed by atoms with Crippen molar-refractivity contribution in [3.63, 3.8) is 0 Å². The van der Waals surface area contributed by atoms with Crippen molar-refractivity contribution >= 4 is 17.6 Å². The monoisotopic (exact) mass is 277 g/mol. The fourth-order valence-corrected chi connectivity index (χ4v) is 1.74. The topological polar surface area (TPSA) is 77.2 Å². The maximum absolute atomic E-state index is 13.0. The number of nitrogen functional groups attached to an aromatic ring is 1. The van der Waals surface area contributed by atoms with E-state index in [9.17, 15) is 4.39 Å². The van der Waals surface area contributed by atoms with Gasteiger partial charge in [0.1, 0.15) is 5.82 Å². The Hall–Kier alpha value is -2.44. The first-order valence-corrected chi connectivity index (χ1v) is 6.31. The average molecular weight is 277 g/mol. The number of benzene rings is 1. The summed E-state index contributed by atoms with van der Waals surface area (Å²) < 4.78 is 18.2. The summed E-state index contributed by atoms with van der Waals surface area (Å²) in [5.74, 6) is 0.157. The van der Waals surface area contributed by atoms with Gasteiger partial charge in [0.15, 0.2) is 0 Å². The lowest BCUT2D eigenvalue weighted by molar-refractivity contribution is 0.312. The van der Waals surface area contributed by atoms with Crippen molar-refractivity contribution in [1.82, 2.24) is 15.0 Å². The molecule has 0 aliphatic rings. The van der Waals surface area contributed by atoms with Gasteiger partial charge in [0.25, 0.3) is 0 Å². The zero-order valence-electron chi connectivity index (χ0n) is 11.4. The van der Waals surface area contributed by atoms with Crippen molar-refractivity contribution in [1.29, 1.82) is 0 Å². The van der Waals surface area contributed by atoms with Crippen LogP contribution in [0.5, 0.6) is 6.01 Å². The van der Waals surface area contributed by atoms with E-state index in [0.717, 1.165) is 5.69 Å². The number of rotatable bonds is 5. The van der Waals surface area contributed by atoms with E-state index in [1.165, 1.54) is 12.1 Å². The SMILES string of the molecule is CCOc1nc(N)nc(N(CC)c2ccc(F)cc2)n1. The van der Waals surface area contributed by atoms with Crippen LogP contribution in [0, 0.1) is 5.82 Å². The zero-order chi connectivity index (χ0) is 14.5. The Morgan fingerprint density at radius 1 is 1.15 bits per heavy atom. The first kappa shape index (κ1) is 14.0. The van der Waals surface area contributed by atoms with E-state index >= 15 is 0 Å². The summed E-state index contributed by atoms with van der Waals surface area (Å²) in [6, 6.07) is 6.24. The molecule has 106 valence electrons. The Morgan fingerprint density at radius 3 is 2.45 bits per heavy atom. The molecule has 7 heteroatoms. The third-order valence-electron chi connectivity index (χ3n) is 2.59. The van der Waals surface area contributed by atoms with Crippen molar-refractivity contribution in [3.05, 3.63) is 30.1 Å². The van der Waals surface area contributed by atoms with Crippen LogP contribution in [0.15, 0.2) is 24.3 Å². The second kappa shape index (κ2) is 6.14. The van der Waals surface area contributed by atoms with Gasteiger partial charge in [0.05, 0.1) is 6.61 Å². The molecule has 2 aromatic rings. The number of ether oxygens (including phenoxy) is 1. The largest absolute Gasteiger partial charge is 0.464 e. The van der Waals surface area contributed by atoms with E-state index in [0.29, 0.717) is 19.1 Å². The average Bonchev–Trinajstić information content (AvgIpc) is 2.41. The zero-order valence-corrected chi connectivity index (χ0v) is 11.4. The summed E-state index contributed by atoms with van der Waals surface area (Å²) in [5.41, 5.74) is 6.42. The predicted octanol–water partition coefficient (Wildman–Crippen LogP) is 2.15. The van der Waals surface area contributed by atoms with Crippen LogP contribution < -0.4 is 15.4 Å². The van der Waals surface area contributed by atoms with Gasteiger partial charge in [0, 0.05) is 12.2 Å². The third kappa shape index (κ3) is 3.11. The number of hydrogen-bond acceptors (Lipinski definition) is 6. The van der Waals surface area contributed by atoms with Gasteiger partial charge in [-0.2, -0.15) is 15.0 Å². The summed E-state index contributed by atoms with van der Waals surface area (Å²) in [4.78, 5) is 14.0. The van der Waals surface area contributed by atoms with Gasteiger partial charge in [0.2, 0.25) is 11.9 Å². The first-order valence-electron chi connectivity index (χ1n) is 6.31. The number of aromatic nitrogens is 3. The number of hydrogen-bond donors (Lipinski definition) is 1. The number of halogens is 1. The van der Waals surface area contributed by atoms with Crippen LogP contribution >= 0.6 is 0 Å². The molecular formula is C13H16FN5O. The van der Waals surface area contributed by atoms with Crippen LogP contribution in [-0.2, 0) is 0 Å². The molecule has 0 spiro atoms. The molecule has 2 N–H and O–H groups in total. The van der Waals surface area contributed by atoms with Gasteiger partial charge in [-0.3, -0.25) is 0 Å². The van der Waals surface area contributed by atoms with Crippen LogP contribution in [0.3, 0.4) is 0 Å². The van der Waals surface area contributed by atoms with Crippen molar-refractivity contribution in [2.24, 2.45) is 0 Å². The molecule has 2 rings (SSSR count). The highest BCUT2D eigenvalue weighted by Gasteiger charge is 2.13. The van der Waals surface area contributed by atoms with Crippen molar-refractivity contribution in [3.8, 4) is 6.01 Å². The molecule has 0 aliphatic heterocycles. The van der Waals surface area contributed by atoms with E-state index in [4.69, 9.17) is 10.5 Å². The highest BCUT2D eigenvalue weighted by molar-refractivity contribution is 5.57. The molecule has 0 fully saturated rings. The maximum atomic E-state index is 13.0. The van der Waals surface area contributed by atoms with Gasteiger partial charge in [-0.05, 0) is 38.1 Å². The van der Waals surface area contributed by atoms with Crippen LogP contribution in [0.25, 0.3) is 0 Å². The molecular weight excluding hydrogens is 261 g/mol. The second-order valence-corrected chi connectivity index (χ2v) is 3.93. The molecule has 0 unspecified atom stereocenters. The first-order chi connectivity index (χ1) is 9.63. The smallest absolute Gasteiger partial charge is 0.323 e. The minimum atomic E-state index is -0.296. The maximum Gasteiger partial charge on any atom is 0.323 e. The summed E-state index contributed by atoms with van der Waals surface area (Å²) in [5, 5.41) is 0. The highest BCUT2D eigenvalue weighted by Crippen LogP contribution is 2.23. The van der Waals surface area contributed by atoms with Crippen molar-refractivity contribution < 1.29 is 9.13 Å². The molecule has 0 aliphatic carbocycles. The Morgan fingerprint density at radius 2 is 1.85 bits per heavy atom. The third-order valence-corrected chi connectivity index (χ3v) is 2.59. The standard InChI is InChI=1S/C13H16FN5O/c1-3-19(10-7-5-9(14)6-8-10)12-16-11(15)17-13(18-12)20-4-2/h5-8H,3-4H2,1-2H3,(H2,15,16,17,18). The molecule has 0 radical (unpaired) electrons. The molecule has 0 bridgehead atoms. The van der Waals surface area contributed by atoms with Crippen LogP contribution in [0.1, 0.15) is 13.8 Å². The lowest BCUT2D eigenvalue weighted by atomic mass is 10.3. The summed E-state index contributed by atoms with van der Waals surface area (Å²) in [6.45, 7) is 4.80. The molecule has 1 aromatic carbocycles. The van der Waals surface area contributed by atoms with E-state index in [-0.39, 0.29) is 17.8 Å². The van der Waals surface area contributed by atoms with E-state index in [2.05, 4.69) is 15.0 Å². The Balaban J connectivity index is 2.38. The van der Waals surface area contributed by atoms with E-state index < -0.39 is 0 Å². The van der Waals surface area contributed by atoms with Crippen LogP contribution in [0.2, 0.25) is 0 Å². The minimum Gasteiger partial charge on any atom is -0.464 e. The lowest BCUT2D eigenvalue weighted by Crippen LogP contribution is -2.20. The highest BCUT2D eigenvalue weighted by atomic mass is 19.1. The fourth-order valence-electron chi connectivity index (χ4n) is 1.74. The molecule has 1 aromatic heterocycles. The fraction of sp³-hybridized carbons (Fsp3) is 0.308. The van der Waals surface area contributed by atoms with Gasteiger partial charge >= 0.3 is 6.01 Å². The van der Waals surface area contributed by atoms with Crippen molar-refractivity contribution in [2.75, 3.05) is 23.8 Å². The predicted molar refractivity (Wildman–Crippen MR) is 74.5 cm³/mol. The second-order valence-electron chi connectivity index (χ2n) is 3.93. The minimum absolute atomic E-state index is 0.0824. The molecule has 0 atom stereocenters. The van der Waals surface area contributed by atoms with Gasteiger partial charge in [-0.15, -0.1) is 0 Å². The molecule has 20 heavy (non-hydrogen) atoms. The molecule has 0 amide bonds. The Labute approximate surface area is 116 Å². The molecule has 0 saturated heterocycles.